The Morgan fingerprint density at radius 2 is 0.900 bits per heavy atom. The van der Waals surface area contributed by atoms with Crippen molar-refractivity contribution in [3.8, 4) is 0 Å². The Morgan fingerprint density at radius 3 is 1.00 bits per heavy atom. The zero-order valence-electron chi connectivity index (χ0n) is 20.8. The fourth-order valence-electron chi connectivity index (χ4n) is 3.46. The molecule has 0 aliphatic carbocycles. The quantitative estimate of drug-likeness (QED) is 0.588. The van der Waals surface area contributed by atoms with E-state index in [0.29, 0.717) is 10.3 Å². The molecule has 0 aliphatic heterocycles. The van der Waals surface area contributed by atoms with Crippen LogP contribution in [0.4, 0.5) is 0 Å². The highest BCUT2D eigenvalue weighted by Gasteiger charge is 2.28. The van der Waals surface area contributed by atoms with Gasteiger partial charge in [0.2, 0.25) is 0 Å². The van der Waals surface area contributed by atoms with Crippen LogP contribution < -0.4 is 10.2 Å². The maximum absolute atomic E-state index is 10.3. The minimum atomic E-state index is -1.52. The van der Waals surface area contributed by atoms with Crippen LogP contribution in [0, 0.1) is 0 Å². The molecule has 0 aromatic heterocycles. The average Bonchev–Trinajstić information content (AvgIpc) is 2.62. The van der Waals surface area contributed by atoms with Crippen molar-refractivity contribution in [2.75, 3.05) is 24.6 Å². The third kappa shape index (κ3) is 12.7. The molecular weight excluding hydrogens is 414 g/mol. The van der Waals surface area contributed by atoms with Crippen molar-refractivity contribution < 1.29 is 19.8 Å². The van der Waals surface area contributed by atoms with Crippen LogP contribution in [0.2, 0.25) is 0 Å². The van der Waals surface area contributed by atoms with Gasteiger partial charge in [0.1, 0.15) is 0 Å². The second kappa shape index (κ2) is 14.9. The largest absolute Gasteiger partial charge is 0.545 e. The molecule has 30 heavy (non-hydrogen) atoms. The van der Waals surface area contributed by atoms with Gasteiger partial charge in [-0.25, -0.2) is 0 Å². The number of rotatable bonds is 6. The van der Waals surface area contributed by atoms with Gasteiger partial charge < -0.3 is 19.8 Å². The molecule has 0 saturated carbocycles. The summed E-state index contributed by atoms with van der Waals surface area (Å²) in [5, 5.41) is 21.9. The Morgan fingerprint density at radius 1 is 0.667 bits per heavy atom. The molecule has 4 nitrogen and oxygen atoms in total. The lowest BCUT2D eigenvalue weighted by Gasteiger charge is -2.21. The summed E-state index contributed by atoms with van der Waals surface area (Å²) in [7, 11) is -0.0777. The highest BCUT2D eigenvalue weighted by Crippen LogP contribution is 2.48. The Labute approximate surface area is 187 Å². The molecule has 0 bridgehead atoms. The summed E-state index contributed by atoms with van der Waals surface area (Å²) in [5.74, 6) is -3.04. The van der Waals surface area contributed by atoms with E-state index < -0.39 is 11.9 Å². The van der Waals surface area contributed by atoms with Gasteiger partial charge in [0.05, 0.1) is 46.9 Å². The van der Waals surface area contributed by atoms with Gasteiger partial charge in [-0.3, -0.25) is 0 Å². The predicted octanol–water partition coefficient (Wildman–Crippen LogP) is 4.49. The Hall–Kier alpha value is -0.980. The molecule has 0 atom stereocenters. The molecule has 0 fully saturated rings. The van der Waals surface area contributed by atoms with Crippen molar-refractivity contribution in [3.63, 3.8) is 0 Å². The number of carboxylic acids is 2. The van der Waals surface area contributed by atoms with Crippen LogP contribution in [0.5, 0.6) is 0 Å². The molecule has 0 N–H and O–H groups in total. The minimum absolute atomic E-state index is 0.0388. The Kier molecular flexibility index (Phi) is 15.5. The lowest BCUT2D eigenvalue weighted by Crippen LogP contribution is -2.29. The van der Waals surface area contributed by atoms with Gasteiger partial charge in [0.25, 0.3) is 0 Å². The SMILES string of the molecule is CC[PH+](CC)C(C)(C)C.CC[PH+](CC)C(C)(C)C.O=C([O-])c1ccccc1C(=O)[O-]. The normalized spacial score (nSPS) is 11.3. The smallest absolute Gasteiger partial charge is 0.0721 e. The first-order chi connectivity index (χ1) is 13.7. The standard InChI is InChI=1S/C8H6O4.2C8H19P/c9-7(10)5-3-1-2-4-6(5)8(11)12;2*1-6-9(7-2)8(3,4)5/h1-4H,(H,9,10)(H,11,12);2*6-7H2,1-5H3. The lowest BCUT2D eigenvalue weighted by atomic mass is 10.1. The molecule has 174 valence electrons. The van der Waals surface area contributed by atoms with Gasteiger partial charge in [-0.15, -0.1) is 0 Å². The van der Waals surface area contributed by atoms with Crippen LogP contribution in [-0.2, 0) is 0 Å². The van der Waals surface area contributed by atoms with E-state index in [1.165, 1.54) is 36.8 Å². The third-order valence-corrected chi connectivity index (χ3v) is 12.9. The average molecular weight is 459 g/mol. The van der Waals surface area contributed by atoms with Gasteiger partial charge in [-0.05, 0) is 69.2 Å². The molecule has 0 spiro atoms. The van der Waals surface area contributed by atoms with E-state index in [1.54, 1.807) is 0 Å². The summed E-state index contributed by atoms with van der Waals surface area (Å²) in [6, 6.07) is 5.14. The second-order valence-electron chi connectivity index (χ2n) is 9.24. The first-order valence-corrected chi connectivity index (χ1v) is 14.7. The molecular formula is C24H44O4P2. The maximum Gasteiger partial charge on any atom is 0.0721 e. The van der Waals surface area contributed by atoms with E-state index in [0.717, 1.165) is 12.1 Å². The number of carboxylic acid groups (broad SMARTS) is 2. The van der Waals surface area contributed by atoms with E-state index in [1.807, 2.05) is 0 Å². The van der Waals surface area contributed by atoms with Crippen LogP contribution in [0.15, 0.2) is 24.3 Å². The zero-order valence-corrected chi connectivity index (χ0v) is 22.8. The minimum Gasteiger partial charge on any atom is -0.545 e. The van der Waals surface area contributed by atoms with Crippen molar-refractivity contribution >= 4 is 27.8 Å². The molecule has 0 radical (unpaired) electrons. The fourth-order valence-corrected chi connectivity index (χ4v) is 8.70. The van der Waals surface area contributed by atoms with E-state index >= 15 is 0 Å². The lowest BCUT2D eigenvalue weighted by molar-refractivity contribution is -0.259. The van der Waals surface area contributed by atoms with Crippen molar-refractivity contribution in [2.45, 2.75) is 79.5 Å². The fraction of sp³-hybridized carbons (Fsp3) is 0.667. The van der Waals surface area contributed by atoms with Gasteiger partial charge in [-0.1, -0.05) is 24.3 Å². The first-order valence-electron chi connectivity index (χ1n) is 10.9. The number of carbonyl (C=O) groups excluding carboxylic acids is 2. The van der Waals surface area contributed by atoms with Crippen LogP contribution >= 0.6 is 15.8 Å². The van der Waals surface area contributed by atoms with Crippen LogP contribution in [0.25, 0.3) is 0 Å². The molecule has 0 unspecified atom stereocenters. The second-order valence-corrected chi connectivity index (χ2v) is 17.5. The molecule has 1 aromatic rings. The summed E-state index contributed by atoms with van der Waals surface area (Å²) in [6.07, 6.45) is 5.69. The van der Waals surface area contributed by atoms with Crippen LogP contribution in [0.3, 0.4) is 0 Å². The van der Waals surface area contributed by atoms with Crippen LogP contribution in [0.1, 0.15) is 90.0 Å². The van der Waals surface area contributed by atoms with E-state index in [2.05, 4.69) is 69.2 Å². The number of aromatic carboxylic acids is 2. The number of benzene rings is 1. The van der Waals surface area contributed by atoms with Gasteiger partial charge in [-0.2, -0.15) is 0 Å². The number of hydrogen-bond donors (Lipinski definition) is 0. The van der Waals surface area contributed by atoms with Crippen LogP contribution in [-0.4, -0.2) is 46.9 Å². The molecule has 0 aliphatic rings. The monoisotopic (exact) mass is 458 g/mol. The topological polar surface area (TPSA) is 80.3 Å². The Bertz CT molecular complexity index is 568. The molecule has 0 heterocycles. The molecule has 0 saturated heterocycles. The molecule has 1 aromatic carbocycles. The summed E-state index contributed by atoms with van der Waals surface area (Å²) in [5.41, 5.74) is -0.727. The zero-order chi connectivity index (χ0) is 24.1. The van der Waals surface area contributed by atoms with E-state index in [4.69, 9.17) is 0 Å². The van der Waals surface area contributed by atoms with E-state index in [-0.39, 0.29) is 27.0 Å². The summed E-state index contributed by atoms with van der Waals surface area (Å²) in [4.78, 5) is 20.6. The van der Waals surface area contributed by atoms with E-state index in [9.17, 15) is 19.8 Å². The summed E-state index contributed by atoms with van der Waals surface area (Å²) in [6.45, 7) is 23.5. The van der Waals surface area contributed by atoms with Crippen molar-refractivity contribution in [3.05, 3.63) is 35.4 Å². The van der Waals surface area contributed by atoms with Gasteiger partial charge in [0, 0.05) is 27.0 Å². The molecule has 0 amide bonds. The Balaban J connectivity index is 0. The highest BCUT2D eigenvalue weighted by atomic mass is 31.1. The summed E-state index contributed by atoms with van der Waals surface area (Å²) >= 11 is 0. The summed E-state index contributed by atoms with van der Waals surface area (Å²) < 4.78 is 0. The van der Waals surface area contributed by atoms with Crippen molar-refractivity contribution in [1.82, 2.24) is 0 Å². The number of hydrogen-bond acceptors (Lipinski definition) is 4. The van der Waals surface area contributed by atoms with Crippen molar-refractivity contribution in [1.29, 1.82) is 0 Å². The number of carbonyl (C=O) groups is 2. The third-order valence-electron chi connectivity index (χ3n) is 5.20. The maximum atomic E-state index is 10.3. The predicted molar refractivity (Wildman–Crippen MR) is 133 cm³/mol. The molecule has 1 rings (SSSR count). The van der Waals surface area contributed by atoms with Gasteiger partial charge >= 0.3 is 0 Å². The molecule has 6 heteroatoms. The van der Waals surface area contributed by atoms with Crippen molar-refractivity contribution in [2.24, 2.45) is 0 Å². The highest BCUT2D eigenvalue weighted by molar-refractivity contribution is 7.59. The first kappa shape index (κ1) is 31.2. The van der Waals surface area contributed by atoms with Gasteiger partial charge in [0.15, 0.2) is 0 Å².